The van der Waals surface area contributed by atoms with Crippen LogP contribution in [0.15, 0.2) is 22.2 Å². The Morgan fingerprint density at radius 2 is 2.29 bits per heavy atom. The van der Waals surface area contributed by atoms with E-state index in [2.05, 4.69) is 10.4 Å². The van der Waals surface area contributed by atoms with E-state index < -0.39 is 0 Å². The van der Waals surface area contributed by atoms with Crippen LogP contribution in [-0.4, -0.2) is 17.1 Å². The molecule has 2 heterocycles. The van der Waals surface area contributed by atoms with E-state index in [0.29, 0.717) is 0 Å². The summed E-state index contributed by atoms with van der Waals surface area (Å²) in [6.07, 6.45) is 0.177. The molecule has 0 aromatic carbocycles. The van der Waals surface area contributed by atoms with Crippen molar-refractivity contribution in [1.82, 2.24) is 4.98 Å². The summed E-state index contributed by atoms with van der Waals surface area (Å²) in [5.41, 5.74) is 1.89. The van der Waals surface area contributed by atoms with Gasteiger partial charge in [-0.25, -0.2) is 4.98 Å². The Morgan fingerprint density at radius 3 is 2.94 bits per heavy atom. The second-order valence-electron chi connectivity index (χ2n) is 3.87. The first-order valence-corrected chi connectivity index (χ1v) is 7.14. The van der Waals surface area contributed by atoms with Gasteiger partial charge in [0.05, 0.1) is 18.2 Å². The van der Waals surface area contributed by atoms with Gasteiger partial charge in [-0.1, -0.05) is 0 Å². The first-order valence-electron chi connectivity index (χ1n) is 5.31. The van der Waals surface area contributed by atoms with Crippen LogP contribution in [0.3, 0.4) is 0 Å². The topological polar surface area (TPSA) is 39.2 Å². The first kappa shape index (κ1) is 12.3. The van der Waals surface area contributed by atoms with Gasteiger partial charge in [-0.15, -0.1) is 11.3 Å². The summed E-state index contributed by atoms with van der Waals surface area (Å²) < 4.78 is 5.08. The van der Waals surface area contributed by atoms with Gasteiger partial charge in [0, 0.05) is 16.3 Å². The number of thiazole rings is 1. The van der Waals surface area contributed by atoms with Crippen LogP contribution in [0.5, 0.6) is 0 Å². The molecule has 0 aliphatic rings. The Morgan fingerprint density at radius 1 is 1.47 bits per heavy atom. The minimum absolute atomic E-state index is 0.0718. The zero-order valence-corrected chi connectivity index (χ0v) is 11.3. The van der Waals surface area contributed by atoms with Gasteiger partial charge in [0.1, 0.15) is 5.01 Å². The minimum Gasteiger partial charge on any atom is -0.463 e. The quantitative estimate of drug-likeness (QED) is 0.797. The van der Waals surface area contributed by atoms with Crippen LogP contribution in [0.4, 0.5) is 0 Å². The molecular weight excluding hydrogens is 254 g/mol. The maximum atomic E-state index is 11.5. The second kappa shape index (κ2) is 5.42. The zero-order chi connectivity index (χ0) is 12.3. The predicted octanol–water partition coefficient (Wildman–Crippen LogP) is 3.37. The van der Waals surface area contributed by atoms with Crippen molar-refractivity contribution in [1.29, 1.82) is 0 Å². The van der Waals surface area contributed by atoms with E-state index in [0.717, 1.165) is 16.3 Å². The van der Waals surface area contributed by atoms with E-state index >= 15 is 0 Å². The average molecular weight is 267 g/mol. The summed E-state index contributed by atoms with van der Waals surface area (Å²) in [6, 6.07) is 2.03. The third-order valence-corrected chi connectivity index (χ3v) is 3.64. The van der Waals surface area contributed by atoms with Gasteiger partial charge in [-0.05, 0) is 25.3 Å². The van der Waals surface area contributed by atoms with Crippen LogP contribution in [0.2, 0.25) is 0 Å². The molecule has 17 heavy (non-hydrogen) atoms. The smallest absolute Gasteiger partial charge is 0.312 e. The second-order valence-corrected chi connectivity index (χ2v) is 5.51. The number of thiophene rings is 1. The lowest BCUT2D eigenvalue weighted by Crippen LogP contribution is -2.13. The van der Waals surface area contributed by atoms with Crippen molar-refractivity contribution in [3.05, 3.63) is 27.9 Å². The molecule has 0 amide bonds. The third-order valence-electron chi connectivity index (χ3n) is 2.01. The number of rotatable bonds is 4. The van der Waals surface area contributed by atoms with Gasteiger partial charge in [-0.2, -0.15) is 11.3 Å². The Balaban J connectivity index is 2.02. The fourth-order valence-electron chi connectivity index (χ4n) is 1.36. The molecule has 0 fully saturated rings. The summed E-state index contributed by atoms with van der Waals surface area (Å²) >= 11 is 3.20. The number of esters is 1. The van der Waals surface area contributed by atoms with Crippen LogP contribution < -0.4 is 0 Å². The van der Waals surface area contributed by atoms with Crippen molar-refractivity contribution in [2.45, 2.75) is 26.4 Å². The van der Waals surface area contributed by atoms with Gasteiger partial charge in [0.15, 0.2) is 0 Å². The molecule has 0 unspecified atom stereocenters. The number of ether oxygens (including phenoxy) is 1. The Bertz CT molecular complexity index is 488. The van der Waals surface area contributed by atoms with E-state index in [1.807, 2.05) is 30.7 Å². The molecule has 0 radical (unpaired) electrons. The molecule has 2 aromatic rings. The third kappa shape index (κ3) is 3.38. The Hall–Kier alpha value is -1.20. The van der Waals surface area contributed by atoms with Gasteiger partial charge in [0.2, 0.25) is 0 Å². The highest BCUT2D eigenvalue weighted by molar-refractivity contribution is 7.14. The van der Waals surface area contributed by atoms with Crippen molar-refractivity contribution >= 4 is 28.6 Å². The molecule has 2 rings (SSSR count). The number of carbonyl (C=O) groups excluding carboxylic acids is 1. The SMILES string of the molecule is CC(C)OC(=O)Cc1csc(-c2ccsc2)n1. The largest absolute Gasteiger partial charge is 0.463 e. The lowest BCUT2D eigenvalue weighted by atomic mass is 10.3. The summed E-state index contributed by atoms with van der Waals surface area (Å²) in [6.45, 7) is 3.69. The van der Waals surface area contributed by atoms with Crippen molar-refractivity contribution in [2.24, 2.45) is 0 Å². The van der Waals surface area contributed by atoms with Crippen LogP contribution >= 0.6 is 22.7 Å². The predicted molar refractivity (Wildman–Crippen MR) is 70.4 cm³/mol. The van der Waals surface area contributed by atoms with Crippen LogP contribution in [-0.2, 0) is 16.0 Å². The van der Waals surface area contributed by atoms with Crippen LogP contribution in [0.1, 0.15) is 19.5 Å². The van der Waals surface area contributed by atoms with Gasteiger partial charge >= 0.3 is 5.97 Å². The van der Waals surface area contributed by atoms with Gasteiger partial charge in [-0.3, -0.25) is 4.79 Å². The monoisotopic (exact) mass is 267 g/mol. The van der Waals surface area contributed by atoms with Crippen molar-refractivity contribution < 1.29 is 9.53 Å². The summed E-state index contributed by atoms with van der Waals surface area (Å²) in [7, 11) is 0. The highest BCUT2D eigenvalue weighted by Crippen LogP contribution is 2.25. The van der Waals surface area contributed by atoms with Gasteiger partial charge in [0.25, 0.3) is 0 Å². The maximum Gasteiger partial charge on any atom is 0.312 e. The molecule has 5 heteroatoms. The van der Waals surface area contributed by atoms with Crippen molar-refractivity contribution in [2.75, 3.05) is 0 Å². The molecule has 0 bridgehead atoms. The number of aromatic nitrogens is 1. The molecule has 0 spiro atoms. The maximum absolute atomic E-state index is 11.5. The molecule has 0 saturated carbocycles. The molecule has 0 aliphatic heterocycles. The number of carbonyl (C=O) groups is 1. The van der Waals surface area contributed by atoms with Crippen molar-refractivity contribution in [3.63, 3.8) is 0 Å². The molecule has 2 aromatic heterocycles. The fourth-order valence-corrected chi connectivity index (χ4v) is 2.89. The van der Waals surface area contributed by atoms with E-state index in [9.17, 15) is 4.79 Å². The fraction of sp³-hybridized carbons (Fsp3) is 0.333. The molecule has 0 atom stereocenters. The molecular formula is C12H13NO2S2. The van der Waals surface area contributed by atoms with E-state index in [1.165, 1.54) is 0 Å². The standard InChI is InChI=1S/C12H13NO2S2/c1-8(2)15-11(14)5-10-7-17-12(13-10)9-3-4-16-6-9/h3-4,6-8H,5H2,1-2H3. The van der Waals surface area contributed by atoms with Gasteiger partial charge < -0.3 is 4.74 Å². The van der Waals surface area contributed by atoms with E-state index in [-0.39, 0.29) is 18.5 Å². The summed E-state index contributed by atoms with van der Waals surface area (Å²) in [5.74, 6) is -0.220. The van der Waals surface area contributed by atoms with E-state index in [4.69, 9.17) is 4.74 Å². The number of hydrogen-bond acceptors (Lipinski definition) is 5. The molecule has 90 valence electrons. The van der Waals surface area contributed by atoms with E-state index in [1.54, 1.807) is 22.7 Å². The number of hydrogen-bond donors (Lipinski definition) is 0. The Labute approximate surface area is 108 Å². The normalized spacial score (nSPS) is 10.8. The zero-order valence-electron chi connectivity index (χ0n) is 9.67. The summed E-state index contributed by atoms with van der Waals surface area (Å²) in [5, 5.41) is 6.94. The first-order chi connectivity index (χ1) is 8.15. The Kier molecular flexibility index (Phi) is 3.91. The lowest BCUT2D eigenvalue weighted by Gasteiger charge is -2.05. The molecule has 0 N–H and O–H groups in total. The summed E-state index contributed by atoms with van der Waals surface area (Å²) in [4.78, 5) is 15.9. The highest BCUT2D eigenvalue weighted by atomic mass is 32.1. The molecule has 3 nitrogen and oxygen atoms in total. The van der Waals surface area contributed by atoms with Crippen molar-refractivity contribution in [3.8, 4) is 10.6 Å². The van der Waals surface area contributed by atoms with Crippen LogP contribution in [0, 0.1) is 0 Å². The lowest BCUT2D eigenvalue weighted by molar-refractivity contribution is -0.146. The molecule has 0 saturated heterocycles. The average Bonchev–Trinajstić information content (AvgIpc) is 2.84. The molecule has 0 aliphatic carbocycles. The highest BCUT2D eigenvalue weighted by Gasteiger charge is 2.11. The minimum atomic E-state index is -0.220. The number of nitrogens with zero attached hydrogens (tertiary/aromatic N) is 1. The van der Waals surface area contributed by atoms with Crippen LogP contribution in [0.25, 0.3) is 10.6 Å².